The summed E-state index contributed by atoms with van der Waals surface area (Å²) in [6.07, 6.45) is -4.87. The van der Waals surface area contributed by atoms with E-state index in [4.69, 9.17) is 4.74 Å². The van der Waals surface area contributed by atoms with Gasteiger partial charge in [0, 0.05) is 60.2 Å². The molecule has 440 valence electrons. The number of amides is 10. The Morgan fingerprint density at radius 2 is 1.19 bits per heavy atom. The number of hydrogen-bond donors (Lipinski definition) is 5. The molecule has 2 saturated heterocycles. The highest BCUT2D eigenvalue weighted by atomic mass is 19.4. The first-order valence-electron chi connectivity index (χ1n) is 27.2. The van der Waals surface area contributed by atoms with Crippen LogP contribution in [-0.4, -0.2) is 185 Å². The van der Waals surface area contributed by atoms with Crippen LogP contribution in [0.15, 0.2) is 24.3 Å². The molecule has 10 amide bonds. The molecule has 0 spiro atoms. The summed E-state index contributed by atoms with van der Waals surface area (Å²) in [5.74, 6) is -8.23. The topological polar surface area (TPSA) is 247 Å². The van der Waals surface area contributed by atoms with E-state index in [0.29, 0.717) is 25.9 Å². The van der Waals surface area contributed by atoms with E-state index in [0.717, 1.165) is 50.3 Å². The van der Waals surface area contributed by atoms with E-state index in [1.165, 1.54) is 35.0 Å². The van der Waals surface area contributed by atoms with Crippen LogP contribution in [-0.2, 0) is 55.7 Å². The number of likely N-dealkylation sites (N-methyl/N-ethyl adjacent to an activating group) is 4. The van der Waals surface area contributed by atoms with Gasteiger partial charge in [0.15, 0.2) is 0 Å². The van der Waals surface area contributed by atoms with Crippen molar-refractivity contribution in [2.24, 2.45) is 23.7 Å². The van der Waals surface area contributed by atoms with Gasteiger partial charge in [-0.1, -0.05) is 53.7 Å². The number of carbonyl (C=O) groups excluding carboxylic acids is 9. The highest BCUT2D eigenvalue weighted by Gasteiger charge is 2.43. The normalized spacial score (nSPS) is 24.7. The number of nitrogens with one attached hydrogen (secondary N) is 4. The van der Waals surface area contributed by atoms with E-state index in [2.05, 4.69) is 21.3 Å². The van der Waals surface area contributed by atoms with Crippen LogP contribution in [0.5, 0.6) is 0 Å². The lowest BCUT2D eigenvalue weighted by molar-refractivity contribution is -0.150. The molecule has 0 radical (unpaired) electrons. The van der Waals surface area contributed by atoms with Crippen molar-refractivity contribution in [3.63, 3.8) is 0 Å². The average molecular weight is 1110 g/mol. The second-order valence-corrected chi connectivity index (χ2v) is 23.1. The van der Waals surface area contributed by atoms with Crippen molar-refractivity contribution in [1.29, 1.82) is 0 Å². The molecule has 2 fully saturated rings. The number of rotatable bonds is 13. The number of likely N-dealkylation sites (tertiary alicyclic amines) is 1. The summed E-state index contributed by atoms with van der Waals surface area (Å²) in [4.78, 5) is 137. The molecular weight excluding hydrogens is 1020 g/mol. The highest BCUT2D eigenvalue weighted by Crippen LogP contribution is 2.30. The predicted molar refractivity (Wildman–Crippen MR) is 286 cm³/mol. The van der Waals surface area contributed by atoms with E-state index in [1.54, 1.807) is 67.2 Å². The van der Waals surface area contributed by atoms with Crippen LogP contribution >= 0.6 is 0 Å². The Balaban J connectivity index is 2.34. The molecule has 78 heavy (non-hydrogen) atoms. The molecular formula is C55H88F3N9O11. The van der Waals surface area contributed by atoms with Crippen LogP contribution in [0.2, 0.25) is 0 Å². The summed E-state index contributed by atoms with van der Waals surface area (Å²) in [5.41, 5.74) is -1.58. The maximum absolute atomic E-state index is 14.9. The molecule has 0 bridgehead atoms. The quantitative estimate of drug-likeness (QED) is 0.188. The van der Waals surface area contributed by atoms with Crippen molar-refractivity contribution in [3.05, 3.63) is 35.4 Å². The van der Waals surface area contributed by atoms with E-state index < -0.39 is 138 Å². The molecule has 0 aromatic heterocycles. The van der Waals surface area contributed by atoms with E-state index in [9.17, 15) is 61.4 Å². The van der Waals surface area contributed by atoms with Crippen molar-refractivity contribution < 1.29 is 66.2 Å². The third-order valence-electron chi connectivity index (χ3n) is 13.9. The number of hydrogen-bond acceptors (Lipinski definition) is 11. The Morgan fingerprint density at radius 1 is 0.679 bits per heavy atom. The fourth-order valence-corrected chi connectivity index (χ4v) is 9.46. The zero-order chi connectivity index (χ0) is 59.1. The number of piperidine rings is 1. The van der Waals surface area contributed by atoms with E-state index in [1.807, 2.05) is 0 Å². The van der Waals surface area contributed by atoms with Crippen molar-refractivity contribution in [2.45, 2.75) is 182 Å². The number of carbonyl (C=O) groups is 9. The van der Waals surface area contributed by atoms with Gasteiger partial charge in [0.25, 0.3) is 5.91 Å². The second-order valence-electron chi connectivity index (χ2n) is 23.1. The summed E-state index contributed by atoms with van der Waals surface area (Å²) < 4.78 is 47.0. The lowest BCUT2D eigenvalue weighted by Gasteiger charge is -2.38. The van der Waals surface area contributed by atoms with Crippen molar-refractivity contribution in [1.82, 2.24) is 45.8 Å². The minimum absolute atomic E-state index is 0.0286. The number of halogens is 3. The van der Waals surface area contributed by atoms with Gasteiger partial charge in [-0.25, -0.2) is 4.79 Å². The Hall–Kier alpha value is -5.84. The summed E-state index contributed by atoms with van der Waals surface area (Å²) in [6.45, 7) is 18.3. The zero-order valence-electron chi connectivity index (χ0n) is 48.3. The van der Waals surface area contributed by atoms with Gasteiger partial charge in [0.1, 0.15) is 36.3 Å². The molecule has 3 rings (SSSR count). The average Bonchev–Trinajstić information content (AvgIpc) is 3.35. The summed E-state index contributed by atoms with van der Waals surface area (Å²) in [7, 11) is 4.00. The molecule has 0 saturated carbocycles. The number of aliphatic hydroxyl groups is 1. The summed E-state index contributed by atoms with van der Waals surface area (Å²) in [6, 6.07) is -5.75. The van der Waals surface area contributed by atoms with Gasteiger partial charge in [-0.15, -0.1) is 0 Å². The molecule has 1 aromatic carbocycles. The minimum Gasteiger partial charge on any atom is -0.391 e. The van der Waals surface area contributed by atoms with Crippen LogP contribution in [0.25, 0.3) is 0 Å². The van der Waals surface area contributed by atoms with Gasteiger partial charge in [0.05, 0.1) is 29.8 Å². The van der Waals surface area contributed by atoms with Gasteiger partial charge in [-0.3, -0.25) is 43.3 Å². The van der Waals surface area contributed by atoms with Crippen LogP contribution in [0, 0.1) is 23.7 Å². The lowest BCUT2D eigenvalue weighted by Crippen LogP contribution is -2.62. The molecule has 1 aromatic rings. The zero-order valence-corrected chi connectivity index (χ0v) is 48.3. The van der Waals surface area contributed by atoms with Gasteiger partial charge in [-0.05, 0) is 109 Å². The fourth-order valence-electron chi connectivity index (χ4n) is 9.46. The lowest BCUT2D eigenvalue weighted by atomic mass is 9.96. The Kier molecular flexibility index (Phi) is 25.0. The van der Waals surface area contributed by atoms with Gasteiger partial charge < -0.3 is 50.7 Å². The third kappa shape index (κ3) is 19.5. The third-order valence-corrected chi connectivity index (χ3v) is 13.9. The van der Waals surface area contributed by atoms with Gasteiger partial charge in [0.2, 0.25) is 41.4 Å². The predicted octanol–water partition coefficient (Wildman–Crippen LogP) is 4.11. The number of benzene rings is 1. The van der Waals surface area contributed by atoms with Crippen LogP contribution < -0.4 is 21.3 Å². The smallest absolute Gasteiger partial charge is 0.391 e. The first-order chi connectivity index (χ1) is 36.2. The Bertz CT molecular complexity index is 2230. The molecule has 5 N–H and O–H groups in total. The Morgan fingerprint density at radius 3 is 1.69 bits per heavy atom. The van der Waals surface area contributed by atoms with Crippen LogP contribution in [0.4, 0.5) is 18.0 Å². The molecule has 1 unspecified atom stereocenters. The molecule has 20 nitrogen and oxygen atoms in total. The van der Waals surface area contributed by atoms with Gasteiger partial charge in [-0.2, -0.15) is 13.2 Å². The van der Waals surface area contributed by atoms with Gasteiger partial charge >= 0.3 is 12.2 Å². The minimum atomic E-state index is -4.67. The molecule has 23 heteroatoms. The molecule has 2 aliphatic rings. The number of nitrogens with zero attached hydrogens (tertiary/aromatic N) is 5. The van der Waals surface area contributed by atoms with Crippen LogP contribution in [0.1, 0.15) is 132 Å². The number of imide groups is 1. The summed E-state index contributed by atoms with van der Waals surface area (Å²) in [5, 5.41) is 21.7. The number of ether oxygens (including phenoxy) is 1. The first-order valence-corrected chi connectivity index (χ1v) is 27.2. The molecule has 0 aliphatic carbocycles. The number of alkyl halides is 3. The van der Waals surface area contributed by atoms with Crippen molar-refractivity contribution in [2.75, 3.05) is 53.9 Å². The maximum atomic E-state index is 14.9. The maximum Gasteiger partial charge on any atom is 0.416 e. The highest BCUT2D eigenvalue weighted by molar-refractivity contribution is 6.01. The first kappa shape index (κ1) is 66.4. The molecule has 8 atom stereocenters. The standard InChI is InChI=1S/C55H88F3N9O11/c1-15-67-51(75)43(27-34(6)7)64(13)49(73)40(31-78-54(9,10)11)60-44(69)29-37(48(72)66-23-17-16-18-24-66)30-59-46(70)39(28-36-19-21-38(22-20-36)55(56,57)58)61-47(71)41(25-32(2)3)63(12)50(74)42(26-33(4)5)65(14)52(76)45(35(8)68)62-53(67)77/h19-22,32-35,37,39-43,45,68H,15-18,23-31H2,1-14H3,(H,59,70)(H,60,69)(H,61,71)(H,62,77)/t35-,37?,39+,40-,41+,42+,43+,45+/m1/s1. The molecule has 2 aliphatic heterocycles. The fraction of sp³-hybridized carbons (Fsp3) is 0.727. The van der Waals surface area contributed by atoms with E-state index in [-0.39, 0.29) is 55.5 Å². The molecule has 2 heterocycles. The van der Waals surface area contributed by atoms with Crippen molar-refractivity contribution >= 4 is 53.3 Å². The SMILES string of the molecule is CCN1C(=O)N[C@@H]([C@@H](C)O)C(=O)N(C)[C@@H](CC(C)C)C(=O)N(C)[C@@H](CC(C)C)C(=O)N[C@@H](Cc2ccc(C(F)(F)F)cc2)C(=O)NCC(C(=O)N2CCCCC2)CC(=O)N[C@H](COC(C)(C)C)C(=O)N(C)[C@@H](CC(C)C)C1=O. The number of aliphatic hydroxyl groups excluding tert-OH is 1. The Labute approximate surface area is 458 Å². The van der Waals surface area contributed by atoms with Crippen LogP contribution in [0.3, 0.4) is 0 Å². The van der Waals surface area contributed by atoms with E-state index >= 15 is 0 Å². The summed E-state index contributed by atoms with van der Waals surface area (Å²) >= 11 is 0. The van der Waals surface area contributed by atoms with Crippen molar-refractivity contribution in [3.8, 4) is 0 Å². The largest absolute Gasteiger partial charge is 0.416 e. The monoisotopic (exact) mass is 1110 g/mol. The number of urea groups is 1. The second kappa shape index (κ2) is 29.4.